The molecule has 4 amide bonds. The molecule has 3 N–H and O–H groups in total. The average Bonchev–Trinajstić information content (AvgIpc) is 3.92. The molecule has 0 bridgehead atoms. The maximum Gasteiger partial charge on any atom is 0.573 e. The van der Waals surface area contributed by atoms with Crippen LogP contribution in [0, 0.1) is 5.92 Å². The van der Waals surface area contributed by atoms with E-state index in [2.05, 4.69) is 25.1 Å². The van der Waals surface area contributed by atoms with Crippen molar-refractivity contribution in [2.75, 3.05) is 6.54 Å². The number of furan rings is 1. The SMILES string of the molecule is CC1(S(=O)(=O)NC(=O)[C@@]23C[C@H]2C=CCCCCC[C@H](NC(=O)OC2CCCC2)C(=O)N2C[C@H](Oc4nc(-c5ccc(OC(F)(F)F)cc5)nc5c4oc4ccccc45)C[C@H]2C(=O)N3)CC1. The average molecular weight is 923 g/mol. The van der Waals surface area contributed by atoms with E-state index in [1.807, 2.05) is 12.2 Å². The molecule has 4 aromatic rings. The zero-order chi connectivity index (χ0) is 45.7. The predicted octanol–water partition coefficient (Wildman–Crippen LogP) is 6.72. The number of rotatable bonds is 9. The number of hydrogen-bond donors (Lipinski definition) is 3. The first-order valence-electron chi connectivity index (χ1n) is 22.1. The number of fused-ring (bicyclic) bond motifs is 5. The second kappa shape index (κ2) is 17.1. The number of nitrogens with zero attached hydrogens (tertiary/aromatic N) is 3. The number of carbonyl (C=O) groups is 4. The normalized spacial score (nSPS) is 26.1. The van der Waals surface area contributed by atoms with E-state index in [4.69, 9.17) is 18.9 Å². The number of sulfonamides is 1. The number of alkyl carbamates (subject to hydrolysis) is 1. The number of nitrogens with one attached hydrogen (secondary N) is 3. The van der Waals surface area contributed by atoms with E-state index in [1.165, 1.54) is 17.0 Å². The summed E-state index contributed by atoms with van der Waals surface area (Å²) in [6, 6.07) is 9.62. The molecule has 0 unspecified atom stereocenters. The molecule has 16 nitrogen and oxygen atoms in total. The molecule has 2 aromatic heterocycles. The monoisotopic (exact) mass is 922 g/mol. The summed E-state index contributed by atoms with van der Waals surface area (Å²) >= 11 is 0. The zero-order valence-corrected chi connectivity index (χ0v) is 36.3. The Bertz CT molecular complexity index is 2650. The van der Waals surface area contributed by atoms with Gasteiger partial charge in [0, 0.05) is 23.3 Å². The fraction of sp³-hybridized carbons (Fsp3) is 0.511. The molecule has 2 aliphatic heterocycles. The molecular weight excluding hydrogens is 874 g/mol. The number of ether oxygens (including phenoxy) is 3. The summed E-state index contributed by atoms with van der Waals surface area (Å²) in [5.41, 5.74) is -0.397. The van der Waals surface area contributed by atoms with Crippen molar-refractivity contribution < 1.29 is 59.4 Å². The van der Waals surface area contributed by atoms with Crippen molar-refractivity contribution in [3.63, 3.8) is 0 Å². The second-order valence-corrected chi connectivity index (χ2v) is 20.1. The van der Waals surface area contributed by atoms with Gasteiger partial charge < -0.3 is 34.2 Å². The standard InChI is InChI=1S/C45H49F3N6O10S/c1-43(21-22-43)65(59,60)53-41(57)44-24-27(44)11-5-3-2-4-6-15-32(49-42(58)62-28-12-7-8-13-28)40(56)54-25-30(23-33(54)38(55)52-44)61-39-36-35(31-14-9-10-16-34(31)63-36)50-37(51-39)26-17-19-29(20-18-26)64-45(46,47)48/h5,9-11,14,16-20,27-28,30,32-33H,2-4,6-8,12-13,15,21-25H2,1H3,(H,49,58)(H,52,55)(H,53,57)/t27-,30-,32+,33+,44-/m1/s1. The van der Waals surface area contributed by atoms with Gasteiger partial charge in [0.05, 0.1) is 11.3 Å². The lowest BCUT2D eigenvalue weighted by Gasteiger charge is -2.30. The minimum absolute atomic E-state index is 0.0695. The summed E-state index contributed by atoms with van der Waals surface area (Å²) in [4.78, 5) is 67.4. The predicted molar refractivity (Wildman–Crippen MR) is 228 cm³/mol. The summed E-state index contributed by atoms with van der Waals surface area (Å²) in [6.45, 7) is 1.37. The number of allylic oxidation sites excluding steroid dienone is 1. The molecule has 2 aromatic carbocycles. The second-order valence-electron chi connectivity index (χ2n) is 17.9. The molecule has 5 atom stereocenters. The van der Waals surface area contributed by atoms with Crippen LogP contribution in [0.25, 0.3) is 33.5 Å². The smallest absolute Gasteiger partial charge is 0.470 e. The van der Waals surface area contributed by atoms with Crippen molar-refractivity contribution in [3.8, 4) is 23.0 Å². The third kappa shape index (κ3) is 9.31. The molecule has 3 aliphatic carbocycles. The molecule has 0 spiro atoms. The maximum atomic E-state index is 14.8. The molecule has 4 fully saturated rings. The van der Waals surface area contributed by atoms with E-state index in [0.717, 1.165) is 31.4 Å². The van der Waals surface area contributed by atoms with Crippen molar-refractivity contribution in [2.24, 2.45) is 5.92 Å². The van der Waals surface area contributed by atoms with Crippen LogP contribution in [0.4, 0.5) is 18.0 Å². The molecular formula is C45H49F3N6O10S. The minimum atomic E-state index is -4.90. The lowest BCUT2D eigenvalue weighted by atomic mass is 10.0. The van der Waals surface area contributed by atoms with E-state index >= 15 is 0 Å². The van der Waals surface area contributed by atoms with Gasteiger partial charge in [0.25, 0.3) is 11.8 Å². The number of alkyl halides is 3. The molecule has 20 heteroatoms. The highest BCUT2D eigenvalue weighted by Crippen LogP contribution is 2.48. The number of carbonyl (C=O) groups excluding carboxylic acids is 4. The van der Waals surface area contributed by atoms with Crippen molar-refractivity contribution in [3.05, 3.63) is 60.7 Å². The Balaban J connectivity index is 1.05. The quantitative estimate of drug-likeness (QED) is 0.150. The Morgan fingerprint density at radius 3 is 2.43 bits per heavy atom. The first-order chi connectivity index (χ1) is 31.0. The summed E-state index contributed by atoms with van der Waals surface area (Å²) in [7, 11) is -4.07. The maximum absolute atomic E-state index is 14.8. The van der Waals surface area contributed by atoms with Crippen molar-refractivity contribution in [1.29, 1.82) is 0 Å². The van der Waals surface area contributed by atoms with Crippen molar-refractivity contribution >= 4 is 55.9 Å². The van der Waals surface area contributed by atoms with Crippen LogP contribution < -0.4 is 24.8 Å². The highest BCUT2D eigenvalue weighted by molar-refractivity contribution is 7.91. The molecule has 0 radical (unpaired) electrons. The van der Waals surface area contributed by atoms with Crippen molar-refractivity contribution in [2.45, 2.75) is 131 Å². The van der Waals surface area contributed by atoms with Gasteiger partial charge in [0.15, 0.2) is 5.82 Å². The van der Waals surface area contributed by atoms with E-state index < -0.39 is 80.3 Å². The fourth-order valence-corrected chi connectivity index (χ4v) is 10.3. The molecule has 3 saturated carbocycles. The topological polar surface area (TPSA) is 208 Å². The Hall–Kier alpha value is -5.92. The lowest BCUT2D eigenvalue weighted by Crippen LogP contribution is -2.58. The molecule has 1 saturated heterocycles. The highest BCUT2D eigenvalue weighted by atomic mass is 32.2. The summed E-state index contributed by atoms with van der Waals surface area (Å²) in [6.07, 6.45) is 3.78. The number of amides is 4. The number of para-hydroxylation sites is 1. The van der Waals surface area contributed by atoms with Gasteiger partial charge in [0.2, 0.25) is 27.4 Å². The van der Waals surface area contributed by atoms with Gasteiger partial charge in [-0.25, -0.2) is 18.2 Å². The van der Waals surface area contributed by atoms with E-state index in [-0.39, 0.29) is 49.2 Å². The third-order valence-corrected chi connectivity index (χ3v) is 15.3. The van der Waals surface area contributed by atoms with Crippen LogP contribution in [-0.4, -0.2) is 94.6 Å². The van der Waals surface area contributed by atoms with Gasteiger partial charge in [-0.2, -0.15) is 4.98 Å². The number of benzene rings is 2. The Kier molecular flexibility index (Phi) is 11.7. The minimum Gasteiger partial charge on any atom is -0.470 e. The zero-order valence-electron chi connectivity index (χ0n) is 35.5. The van der Waals surface area contributed by atoms with Gasteiger partial charge in [-0.3, -0.25) is 19.1 Å². The largest absolute Gasteiger partial charge is 0.573 e. The van der Waals surface area contributed by atoms with Crippen LogP contribution in [0.2, 0.25) is 0 Å². The molecule has 65 heavy (non-hydrogen) atoms. The van der Waals surface area contributed by atoms with E-state index in [9.17, 15) is 40.8 Å². The third-order valence-electron chi connectivity index (χ3n) is 13.2. The fourth-order valence-electron chi connectivity index (χ4n) is 9.02. The van der Waals surface area contributed by atoms with Gasteiger partial charge in [-0.1, -0.05) is 37.1 Å². The van der Waals surface area contributed by atoms with E-state index in [1.54, 1.807) is 31.2 Å². The molecule has 4 heterocycles. The van der Waals surface area contributed by atoms with Crippen LogP contribution >= 0.6 is 0 Å². The Morgan fingerprint density at radius 2 is 1.69 bits per heavy atom. The summed E-state index contributed by atoms with van der Waals surface area (Å²) < 4.78 is 89.0. The highest BCUT2D eigenvalue weighted by Gasteiger charge is 2.63. The van der Waals surface area contributed by atoms with Gasteiger partial charge in [-0.05, 0) is 108 Å². The Morgan fingerprint density at radius 1 is 0.954 bits per heavy atom. The van der Waals surface area contributed by atoms with Crippen molar-refractivity contribution in [1.82, 2.24) is 30.2 Å². The summed E-state index contributed by atoms with van der Waals surface area (Å²) in [5, 5.41) is 6.22. The molecule has 9 rings (SSSR count). The summed E-state index contributed by atoms with van der Waals surface area (Å²) in [5.74, 6) is -3.15. The first kappa shape index (κ1) is 44.3. The number of hydrogen-bond acceptors (Lipinski definition) is 12. The number of aromatic nitrogens is 2. The van der Waals surface area contributed by atoms with Gasteiger partial charge in [-0.15, -0.1) is 13.2 Å². The van der Waals surface area contributed by atoms with E-state index in [0.29, 0.717) is 67.0 Å². The van der Waals surface area contributed by atoms with Gasteiger partial charge in [0.1, 0.15) is 46.7 Å². The van der Waals surface area contributed by atoms with Crippen LogP contribution in [-0.2, 0) is 29.1 Å². The van der Waals surface area contributed by atoms with Crippen LogP contribution in [0.15, 0.2) is 65.1 Å². The first-order valence-corrected chi connectivity index (χ1v) is 23.5. The number of halogens is 3. The van der Waals surface area contributed by atoms with Crippen LogP contribution in [0.3, 0.4) is 0 Å². The van der Waals surface area contributed by atoms with Crippen LogP contribution in [0.1, 0.15) is 90.4 Å². The lowest BCUT2D eigenvalue weighted by molar-refractivity contribution is -0.274. The molecule has 346 valence electrons. The Labute approximate surface area is 372 Å². The van der Waals surface area contributed by atoms with Gasteiger partial charge >= 0.3 is 12.5 Å². The molecule has 5 aliphatic rings. The van der Waals surface area contributed by atoms with Crippen LogP contribution in [0.5, 0.6) is 11.6 Å².